The summed E-state index contributed by atoms with van der Waals surface area (Å²) in [7, 11) is -7.41. The average molecular weight is 443 g/mol. The largest absolute Gasteiger partial charge is 0.488 e. The second kappa shape index (κ2) is 10.3. The second-order valence-electron chi connectivity index (χ2n) is 7.53. The van der Waals surface area contributed by atoms with Crippen LogP contribution in [0.4, 0.5) is 0 Å². The van der Waals surface area contributed by atoms with Crippen molar-refractivity contribution in [3.63, 3.8) is 0 Å². The zero-order chi connectivity index (χ0) is 23.5. The van der Waals surface area contributed by atoms with Gasteiger partial charge >= 0.3 is 42.7 Å². The smallest absolute Gasteiger partial charge is 0.445 e. The van der Waals surface area contributed by atoms with Crippen molar-refractivity contribution in [1.29, 1.82) is 0 Å². The molecule has 3 aromatic carbocycles. The van der Waals surface area contributed by atoms with Crippen molar-refractivity contribution in [2.24, 2.45) is 0 Å². The normalized spacial score (nSPS) is 13.8. The highest BCUT2D eigenvalue weighted by Gasteiger charge is 2.43. The molecule has 1 aliphatic rings. The van der Waals surface area contributed by atoms with Crippen LogP contribution in [0.2, 0.25) is 0 Å². The van der Waals surface area contributed by atoms with Crippen LogP contribution in [0.3, 0.4) is 0 Å². The van der Waals surface area contributed by atoms with Crippen molar-refractivity contribution < 1.29 is 43.9 Å². The maximum atomic E-state index is 9.33. The lowest BCUT2D eigenvalue weighted by atomic mass is 9.60. The van der Waals surface area contributed by atoms with Gasteiger partial charge in [0.15, 0.2) is 0 Å². The van der Waals surface area contributed by atoms with Gasteiger partial charge in [-0.2, -0.15) is 0 Å². The van der Waals surface area contributed by atoms with Crippen molar-refractivity contribution in [3.8, 4) is 0 Å². The van der Waals surface area contributed by atoms with E-state index in [1.165, 1.54) is 0 Å². The molecule has 15 heteroatoms. The van der Waals surface area contributed by atoms with Gasteiger partial charge in [-0.15, -0.1) is 0 Å². The third-order valence-corrected chi connectivity index (χ3v) is 5.26. The minimum absolute atomic E-state index is 0.315. The highest BCUT2D eigenvalue weighted by atomic mass is 16.7. The summed E-state index contributed by atoms with van der Waals surface area (Å²) >= 11 is 0. The Kier molecular flexibility index (Phi) is 7.45. The lowest BCUT2D eigenvalue weighted by Gasteiger charge is -2.31. The molecule has 0 unspecified atom stereocenters. The van der Waals surface area contributed by atoms with Gasteiger partial charge in [0.25, 0.3) is 0 Å². The van der Waals surface area contributed by atoms with Gasteiger partial charge in [0.2, 0.25) is 0 Å². The topological polar surface area (TPSA) is 149 Å². The van der Waals surface area contributed by atoms with Gasteiger partial charge in [-0.1, -0.05) is 72.8 Å². The summed E-state index contributed by atoms with van der Waals surface area (Å²) in [5, 5.41) is 56.0. The van der Waals surface area contributed by atoms with Crippen LogP contribution in [0.1, 0.15) is 0 Å². The number of rotatable bonds is 6. The monoisotopic (exact) mass is 444 g/mol. The van der Waals surface area contributed by atoms with E-state index in [9.17, 15) is 30.1 Å². The van der Waals surface area contributed by atoms with Crippen LogP contribution >= 0.6 is 0 Å². The summed E-state index contributed by atoms with van der Waals surface area (Å²) in [5.41, 5.74) is 2.79. The van der Waals surface area contributed by atoms with Gasteiger partial charge in [0.1, 0.15) is 0 Å². The molecular weight excluding hydrogens is 425 g/mol. The van der Waals surface area contributed by atoms with E-state index in [0.717, 1.165) is 0 Å². The summed E-state index contributed by atoms with van der Waals surface area (Å²) in [6.45, 7) is 0. The van der Waals surface area contributed by atoms with Crippen molar-refractivity contribution in [3.05, 3.63) is 72.8 Å². The number of hydrogen-bond acceptors (Lipinski definition) is 9. The van der Waals surface area contributed by atoms with Crippen LogP contribution < -0.4 is 32.8 Å². The molecule has 3 aromatic rings. The molecule has 0 aliphatic carbocycles. The summed E-state index contributed by atoms with van der Waals surface area (Å²) in [6.07, 6.45) is 0. The van der Waals surface area contributed by atoms with Gasteiger partial charge in [0.05, 0.1) is 0 Å². The Morgan fingerprint density at radius 1 is 0.394 bits per heavy atom. The van der Waals surface area contributed by atoms with Gasteiger partial charge in [0, 0.05) is 0 Å². The molecule has 4 rings (SSSR count). The molecule has 33 heavy (non-hydrogen) atoms. The molecule has 0 saturated carbocycles. The first kappa shape index (κ1) is 23.8. The molecule has 0 atom stereocenters. The minimum Gasteiger partial charge on any atom is -0.445 e. The van der Waals surface area contributed by atoms with Crippen LogP contribution in [0.5, 0.6) is 0 Å². The molecule has 0 bridgehead atoms. The molecular formula is C18H18B6O9. The molecule has 0 spiro atoms. The van der Waals surface area contributed by atoms with Gasteiger partial charge in [-0.3, -0.25) is 0 Å². The minimum atomic E-state index is -1.60. The lowest BCUT2D eigenvalue weighted by molar-refractivity contribution is 0.308. The average Bonchev–Trinajstić information content (AvgIpc) is 2.84. The van der Waals surface area contributed by atoms with E-state index in [4.69, 9.17) is 13.7 Å². The SMILES string of the molecule is OB(O)c1ccc(B2OB(c3ccc(B(O)O)cc3)OB(c3ccc(B(O)O)cc3)O2)cc1. The molecule has 162 valence electrons. The molecule has 1 aliphatic heterocycles. The Labute approximate surface area is 192 Å². The molecule has 6 N–H and O–H groups in total. The van der Waals surface area contributed by atoms with Gasteiger partial charge in [-0.25, -0.2) is 0 Å². The van der Waals surface area contributed by atoms with E-state index in [0.29, 0.717) is 32.8 Å². The van der Waals surface area contributed by atoms with Crippen molar-refractivity contribution in [1.82, 2.24) is 0 Å². The summed E-state index contributed by atoms with van der Waals surface area (Å²) in [5.74, 6) is 0. The zero-order valence-electron chi connectivity index (χ0n) is 17.3. The van der Waals surface area contributed by atoms with E-state index in [-0.39, 0.29) is 0 Å². The standard InChI is InChI=1S/C18H18B6O9/c25-19(26)13-1-7-16(8-2-13)22-31-23(17-9-3-14(4-10-17)20(27)28)33-24(32-22)18-11-5-15(6-12-18)21(29)30/h1-12,25-30H. The van der Waals surface area contributed by atoms with E-state index >= 15 is 0 Å². The van der Waals surface area contributed by atoms with E-state index in [1.807, 2.05) is 0 Å². The van der Waals surface area contributed by atoms with Crippen molar-refractivity contribution in [2.75, 3.05) is 0 Å². The Hall–Kier alpha value is -2.31. The summed E-state index contributed by atoms with van der Waals surface area (Å²) in [4.78, 5) is 0. The summed E-state index contributed by atoms with van der Waals surface area (Å²) < 4.78 is 18.0. The maximum Gasteiger partial charge on any atom is 0.488 e. The molecule has 0 aromatic heterocycles. The van der Waals surface area contributed by atoms with Crippen LogP contribution in [-0.2, 0) is 13.7 Å². The fourth-order valence-electron chi connectivity index (χ4n) is 3.38. The van der Waals surface area contributed by atoms with Crippen LogP contribution in [-0.4, -0.2) is 72.9 Å². The lowest BCUT2D eigenvalue weighted by Crippen LogP contribution is -2.61. The predicted octanol–water partition coefficient (Wildman–Crippen LogP) is -5.72. The predicted molar refractivity (Wildman–Crippen MR) is 128 cm³/mol. The second-order valence-corrected chi connectivity index (χ2v) is 7.53. The molecule has 9 nitrogen and oxygen atoms in total. The molecule has 1 saturated heterocycles. The number of hydrogen-bond donors (Lipinski definition) is 6. The molecule has 1 fully saturated rings. The quantitative estimate of drug-likeness (QED) is 0.205. The van der Waals surface area contributed by atoms with Gasteiger partial charge < -0.3 is 43.9 Å². The highest BCUT2D eigenvalue weighted by Crippen LogP contribution is 2.10. The molecule has 0 amide bonds. The van der Waals surface area contributed by atoms with Crippen molar-refractivity contribution in [2.45, 2.75) is 0 Å². The Morgan fingerprint density at radius 2 is 0.606 bits per heavy atom. The van der Waals surface area contributed by atoms with E-state index < -0.39 is 42.7 Å². The first-order valence-electron chi connectivity index (χ1n) is 10.2. The third kappa shape index (κ3) is 5.61. The Balaban J connectivity index is 1.63. The fourth-order valence-corrected chi connectivity index (χ4v) is 3.38. The Bertz CT molecular complexity index is 908. The molecule has 0 radical (unpaired) electrons. The van der Waals surface area contributed by atoms with Gasteiger partial charge in [-0.05, 0) is 32.8 Å². The zero-order valence-corrected chi connectivity index (χ0v) is 17.3. The highest BCUT2D eigenvalue weighted by molar-refractivity contribution is 6.87. The summed E-state index contributed by atoms with van der Waals surface area (Å²) in [6, 6.07) is 19.1. The maximum absolute atomic E-state index is 9.33. The first-order valence-corrected chi connectivity index (χ1v) is 10.2. The third-order valence-electron chi connectivity index (χ3n) is 5.26. The van der Waals surface area contributed by atoms with E-state index in [2.05, 4.69) is 0 Å². The first-order chi connectivity index (χ1) is 15.8. The van der Waals surface area contributed by atoms with Crippen LogP contribution in [0.25, 0.3) is 0 Å². The van der Waals surface area contributed by atoms with E-state index in [1.54, 1.807) is 72.8 Å². The Morgan fingerprint density at radius 3 is 0.788 bits per heavy atom. The van der Waals surface area contributed by atoms with Crippen LogP contribution in [0.15, 0.2) is 72.8 Å². The molecule has 1 heterocycles. The van der Waals surface area contributed by atoms with Crippen LogP contribution in [0, 0.1) is 0 Å². The fraction of sp³-hybridized carbons (Fsp3) is 0. The van der Waals surface area contributed by atoms with Crippen molar-refractivity contribution >= 4 is 75.5 Å². The number of benzene rings is 3.